The van der Waals surface area contributed by atoms with E-state index in [1.807, 2.05) is 18.2 Å². The van der Waals surface area contributed by atoms with Gasteiger partial charge in [-0.05, 0) is 25.8 Å². The van der Waals surface area contributed by atoms with Crippen molar-refractivity contribution >= 4 is 28.9 Å². The number of rotatable bonds is 5. The van der Waals surface area contributed by atoms with E-state index in [-0.39, 0.29) is 36.5 Å². The van der Waals surface area contributed by atoms with E-state index < -0.39 is 0 Å². The minimum atomic E-state index is -0.369. The van der Waals surface area contributed by atoms with Crippen molar-refractivity contribution in [3.05, 3.63) is 41.1 Å². The summed E-state index contributed by atoms with van der Waals surface area (Å²) in [5.41, 5.74) is 1.23. The molecule has 1 aliphatic carbocycles. The molecule has 0 N–H and O–H groups in total. The number of Topliss-reactive ketones (excluding diaryl/α,β-unsaturated/α-hetero) is 1. The van der Waals surface area contributed by atoms with Gasteiger partial charge in [-0.3, -0.25) is 4.79 Å². The van der Waals surface area contributed by atoms with Crippen LogP contribution < -0.4 is 0 Å². The minimum absolute atomic E-state index is 0.0631. The van der Waals surface area contributed by atoms with Crippen LogP contribution in [0.1, 0.15) is 31.7 Å². The maximum Gasteiger partial charge on any atom is 0.332 e. The number of halogens is 1. The fourth-order valence-electron chi connectivity index (χ4n) is 3.37. The van der Waals surface area contributed by atoms with Crippen LogP contribution in [0.4, 0.5) is 0 Å². The third kappa shape index (κ3) is 4.05. The molecule has 1 aromatic carbocycles. The van der Waals surface area contributed by atoms with Gasteiger partial charge in [-0.15, -0.1) is 0 Å². The summed E-state index contributed by atoms with van der Waals surface area (Å²) in [5.74, 6) is -0.502. The average molecular weight is 365 g/mol. The van der Waals surface area contributed by atoms with E-state index in [0.717, 1.165) is 0 Å². The van der Waals surface area contributed by atoms with Crippen LogP contribution in [0.25, 0.3) is 5.57 Å². The number of hydrogen-bond acceptors (Lipinski definition) is 5. The lowest BCUT2D eigenvalue weighted by molar-refractivity contribution is -0.153. The number of ketones is 1. The van der Waals surface area contributed by atoms with Crippen molar-refractivity contribution in [1.29, 1.82) is 0 Å². The number of allylic oxidation sites excluding steroid dienone is 1. The van der Waals surface area contributed by atoms with Gasteiger partial charge in [-0.1, -0.05) is 29.8 Å². The van der Waals surface area contributed by atoms with E-state index in [9.17, 15) is 9.59 Å². The van der Waals surface area contributed by atoms with Crippen LogP contribution in [0.2, 0.25) is 5.02 Å². The number of esters is 1. The van der Waals surface area contributed by atoms with Gasteiger partial charge in [0.25, 0.3) is 0 Å². The highest BCUT2D eigenvalue weighted by molar-refractivity contribution is 6.35. The van der Waals surface area contributed by atoms with Gasteiger partial charge in [0.15, 0.2) is 5.78 Å². The van der Waals surface area contributed by atoms with Crippen LogP contribution in [-0.2, 0) is 23.8 Å². The molecule has 1 saturated carbocycles. The Labute approximate surface area is 151 Å². The quantitative estimate of drug-likeness (QED) is 0.749. The monoisotopic (exact) mass is 364 g/mol. The van der Waals surface area contributed by atoms with Crippen LogP contribution in [-0.4, -0.2) is 37.2 Å². The fraction of sp³-hybridized carbons (Fsp3) is 0.474. The Morgan fingerprint density at radius 1 is 1.32 bits per heavy atom. The van der Waals surface area contributed by atoms with Crippen LogP contribution >= 0.6 is 11.6 Å². The number of carbonyl (C=O) groups excluding carboxylic acids is 2. The van der Waals surface area contributed by atoms with Crippen molar-refractivity contribution in [2.75, 3.05) is 13.2 Å². The number of fused-ring (bicyclic) bond motifs is 1. The Balaban J connectivity index is 1.64. The molecular formula is C19H21ClO5. The Morgan fingerprint density at radius 3 is 2.88 bits per heavy atom. The molecule has 3 atom stereocenters. The summed E-state index contributed by atoms with van der Waals surface area (Å²) in [6.45, 7) is 2.03. The second-order valence-corrected chi connectivity index (χ2v) is 6.61. The predicted molar refractivity (Wildman–Crippen MR) is 93.0 cm³/mol. The lowest BCUT2D eigenvalue weighted by Gasteiger charge is -2.37. The number of hydrogen-bond donors (Lipinski definition) is 0. The highest BCUT2D eigenvalue weighted by Gasteiger charge is 2.41. The van der Waals surface area contributed by atoms with Gasteiger partial charge in [0.1, 0.15) is 12.7 Å². The SMILES string of the molecule is CCOC(=O)COC1CCC2C(=O)C(c3ccccc3Cl)=COC2C1. The maximum atomic E-state index is 12.8. The number of benzene rings is 1. The highest BCUT2D eigenvalue weighted by Crippen LogP contribution is 2.38. The highest BCUT2D eigenvalue weighted by atomic mass is 35.5. The zero-order valence-electron chi connectivity index (χ0n) is 14.1. The summed E-state index contributed by atoms with van der Waals surface area (Å²) in [6, 6.07) is 7.26. The molecule has 0 spiro atoms. The Morgan fingerprint density at radius 2 is 2.12 bits per heavy atom. The molecule has 5 nitrogen and oxygen atoms in total. The van der Waals surface area contributed by atoms with Gasteiger partial charge in [-0.25, -0.2) is 4.79 Å². The van der Waals surface area contributed by atoms with Crippen molar-refractivity contribution < 1.29 is 23.8 Å². The van der Waals surface area contributed by atoms with E-state index in [1.54, 1.807) is 13.0 Å². The molecular weight excluding hydrogens is 344 g/mol. The Bertz CT molecular complexity index is 684. The Hall–Kier alpha value is -1.85. The molecule has 0 bridgehead atoms. The summed E-state index contributed by atoms with van der Waals surface area (Å²) in [7, 11) is 0. The third-order valence-corrected chi connectivity index (χ3v) is 4.94. The van der Waals surface area contributed by atoms with Gasteiger partial charge in [-0.2, -0.15) is 0 Å². The normalized spacial score (nSPS) is 25.6. The number of ether oxygens (including phenoxy) is 3. The van der Waals surface area contributed by atoms with Gasteiger partial charge in [0.2, 0.25) is 0 Å². The first-order valence-corrected chi connectivity index (χ1v) is 8.90. The zero-order chi connectivity index (χ0) is 17.8. The lowest BCUT2D eigenvalue weighted by atomic mass is 9.78. The molecule has 0 amide bonds. The summed E-state index contributed by atoms with van der Waals surface area (Å²) < 4.78 is 16.3. The molecule has 0 aromatic heterocycles. The van der Waals surface area contributed by atoms with Gasteiger partial charge < -0.3 is 14.2 Å². The first-order chi connectivity index (χ1) is 12.1. The second kappa shape index (κ2) is 8.02. The molecule has 0 saturated heterocycles. The van der Waals surface area contributed by atoms with Crippen LogP contribution in [0.15, 0.2) is 30.5 Å². The summed E-state index contributed by atoms with van der Waals surface area (Å²) in [4.78, 5) is 24.2. The van der Waals surface area contributed by atoms with Crippen molar-refractivity contribution in [2.45, 2.75) is 38.4 Å². The minimum Gasteiger partial charge on any atom is -0.496 e. The molecule has 0 radical (unpaired) electrons. The second-order valence-electron chi connectivity index (χ2n) is 6.21. The van der Waals surface area contributed by atoms with Crippen LogP contribution in [0.3, 0.4) is 0 Å². The molecule has 25 heavy (non-hydrogen) atoms. The van der Waals surface area contributed by atoms with E-state index in [0.29, 0.717) is 42.0 Å². The molecule has 134 valence electrons. The smallest absolute Gasteiger partial charge is 0.332 e. The molecule has 2 aliphatic rings. The summed E-state index contributed by atoms with van der Waals surface area (Å²) in [6.07, 6.45) is 3.15. The van der Waals surface area contributed by atoms with Crippen molar-refractivity contribution in [3.8, 4) is 0 Å². The largest absolute Gasteiger partial charge is 0.496 e. The fourth-order valence-corrected chi connectivity index (χ4v) is 3.61. The molecule has 1 aromatic rings. The molecule has 6 heteroatoms. The van der Waals surface area contributed by atoms with E-state index in [2.05, 4.69) is 0 Å². The lowest BCUT2D eigenvalue weighted by Crippen LogP contribution is -2.41. The summed E-state index contributed by atoms with van der Waals surface area (Å²) in [5, 5.41) is 0.538. The van der Waals surface area contributed by atoms with Gasteiger partial charge in [0.05, 0.1) is 30.5 Å². The van der Waals surface area contributed by atoms with Crippen molar-refractivity contribution in [3.63, 3.8) is 0 Å². The summed E-state index contributed by atoms with van der Waals surface area (Å²) >= 11 is 6.21. The third-order valence-electron chi connectivity index (χ3n) is 4.61. The van der Waals surface area contributed by atoms with Gasteiger partial charge >= 0.3 is 5.97 Å². The molecule has 1 heterocycles. The first kappa shape index (κ1) is 18.0. The molecule has 1 aliphatic heterocycles. The van der Waals surface area contributed by atoms with Crippen LogP contribution in [0, 0.1) is 5.92 Å². The van der Waals surface area contributed by atoms with Gasteiger partial charge in [0, 0.05) is 17.0 Å². The van der Waals surface area contributed by atoms with Crippen molar-refractivity contribution in [1.82, 2.24) is 0 Å². The van der Waals surface area contributed by atoms with E-state index in [1.165, 1.54) is 6.26 Å². The zero-order valence-corrected chi connectivity index (χ0v) is 14.8. The maximum absolute atomic E-state index is 12.8. The number of carbonyl (C=O) groups is 2. The van der Waals surface area contributed by atoms with Crippen LogP contribution in [0.5, 0.6) is 0 Å². The molecule has 3 rings (SSSR count). The van der Waals surface area contributed by atoms with E-state index in [4.69, 9.17) is 25.8 Å². The molecule has 1 fully saturated rings. The predicted octanol–water partition coefficient (Wildman–Crippen LogP) is 3.40. The first-order valence-electron chi connectivity index (χ1n) is 8.52. The Kier molecular flexibility index (Phi) is 5.76. The standard InChI is InChI=1S/C19H21ClO5/c1-2-23-18(21)11-24-12-7-8-14-17(9-12)25-10-15(19(14)22)13-5-3-4-6-16(13)20/h3-6,10,12,14,17H,2,7-9,11H2,1H3. The van der Waals surface area contributed by atoms with E-state index >= 15 is 0 Å². The topological polar surface area (TPSA) is 61.8 Å². The average Bonchev–Trinajstić information content (AvgIpc) is 2.61. The molecule has 3 unspecified atom stereocenters. The van der Waals surface area contributed by atoms with Crippen molar-refractivity contribution in [2.24, 2.45) is 5.92 Å².